The van der Waals surface area contributed by atoms with E-state index in [-0.39, 0.29) is 31.0 Å². The molecule has 9 heteroatoms. The average molecular weight is 447 g/mol. The molecule has 0 aliphatic carbocycles. The van der Waals surface area contributed by atoms with Crippen LogP contribution in [-0.4, -0.2) is 27.1 Å². The van der Waals surface area contributed by atoms with Crippen LogP contribution in [0.4, 0.5) is 20.2 Å². The number of benzene rings is 2. The van der Waals surface area contributed by atoms with E-state index in [1.807, 2.05) is 6.07 Å². The maximum absolute atomic E-state index is 13.4. The van der Waals surface area contributed by atoms with Crippen LogP contribution in [0.2, 0.25) is 0 Å². The van der Waals surface area contributed by atoms with E-state index in [2.05, 4.69) is 21.2 Å². The summed E-state index contributed by atoms with van der Waals surface area (Å²) in [5.41, 5.74) is 0.628. The Kier molecular flexibility index (Phi) is 6.71. The van der Waals surface area contributed by atoms with Crippen molar-refractivity contribution in [3.8, 4) is 0 Å². The fourth-order valence-electron chi connectivity index (χ4n) is 2.30. The van der Waals surface area contributed by atoms with Crippen molar-refractivity contribution >= 4 is 43.2 Å². The molecule has 0 radical (unpaired) electrons. The number of anilines is 2. The van der Waals surface area contributed by atoms with Gasteiger partial charge in [0.05, 0.1) is 11.9 Å². The highest BCUT2D eigenvalue weighted by molar-refractivity contribution is 9.10. The maximum Gasteiger partial charge on any atom is 0.232 e. The number of hydrogen-bond donors (Lipinski definition) is 1. The molecule has 0 saturated carbocycles. The predicted molar refractivity (Wildman–Crippen MR) is 101 cm³/mol. The van der Waals surface area contributed by atoms with Gasteiger partial charge in [-0.2, -0.15) is 0 Å². The number of sulfonamides is 1. The molecule has 0 spiro atoms. The van der Waals surface area contributed by atoms with Crippen molar-refractivity contribution in [1.82, 2.24) is 0 Å². The van der Waals surface area contributed by atoms with Crippen LogP contribution in [0.25, 0.3) is 0 Å². The first kappa shape index (κ1) is 20.3. The fraction of sp³-hybridized carbons (Fsp3) is 0.235. The summed E-state index contributed by atoms with van der Waals surface area (Å²) >= 11 is 3.30. The molecule has 0 atom stereocenters. The highest BCUT2D eigenvalue weighted by Gasteiger charge is 2.19. The topological polar surface area (TPSA) is 66.5 Å². The van der Waals surface area contributed by atoms with Crippen LogP contribution < -0.4 is 9.62 Å². The lowest BCUT2D eigenvalue weighted by Crippen LogP contribution is -2.31. The molecule has 2 aromatic rings. The molecule has 2 aromatic carbocycles. The number of halogens is 3. The minimum atomic E-state index is -3.70. The number of hydrogen-bond acceptors (Lipinski definition) is 3. The lowest BCUT2D eigenvalue weighted by Gasteiger charge is -2.22. The van der Waals surface area contributed by atoms with E-state index >= 15 is 0 Å². The Labute approximate surface area is 159 Å². The van der Waals surface area contributed by atoms with E-state index < -0.39 is 21.7 Å². The van der Waals surface area contributed by atoms with Crippen molar-refractivity contribution in [2.75, 3.05) is 22.4 Å². The van der Waals surface area contributed by atoms with Crippen molar-refractivity contribution in [3.63, 3.8) is 0 Å². The summed E-state index contributed by atoms with van der Waals surface area (Å²) in [5.74, 6) is -2.47. The van der Waals surface area contributed by atoms with Gasteiger partial charge in [-0.1, -0.05) is 22.0 Å². The molecule has 5 nitrogen and oxygen atoms in total. The van der Waals surface area contributed by atoms with Crippen LogP contribution in [0.1, 0.15) is 12.8 Å². The van der Waals surface area contributed by atoms with Crippen LogP contribution in [0.5, 0.6) is 0 Å². The quantitative estimate of drug-likeness (QED) is 0.700. The summed E-state index contributed by atoms with van der Waals surface area (Å²) in [4.78, 5) is 12.0. The summed E-state index contributed by atoms with van der Waals surface area (Å²) in [6.45, 7) is -0.0319. The Bertz CT molecular complexity index is 907. The lowest BCUT2D eigenvalue weighted by molar-refractivity contribution is -0.116. The minimum Gasteiger partial charge on any atom is -0.326 e. The van der Waals surface area contributed by atoms with E-state index in [9.17, 15) is 22.0 Å². The first-order chi connectivity index (χ1) is 12.2. The zero-order chi connectivity index (χ0) is 19.3. The Hall–Kier alpha value is -2.00. The van der Waals surface area contributed by atoms with Crippen molar-refractivity contribution < 1.29 is 22.0 Å². The van der Waals surface area contributed by atoms with Gasteiger partial charge in [-0.25, -0.2) is 17.2 Å². The summed E-state index contributed by atoms with van der Waals surface area (Å²) < 4.78 is 52.1. The molecule has 0 fully saturated rings. The zero-order valence-electron chi connectivity index (χ0n) is 13.9. The van der Waals surface area contributed by atoms with Gasteiger partial charge in [0.2, 0.25) is 15.9 Å². The maximum atomic E-state index is 13.4. The molecule has 0 aliphatic heterocycles. The second-order valence-corrected chi connectivity index (χ2v) is 8.42. The number of carbonyl (C=O) groups excluding carboxylic acids is 1. The predicted octanol–water partition coefficient (Wildman–Crippen LogP) is 3.91. The van der Waals surface area contributed by atoms with Gasteiger partial charge >= 0.3 is 0 Å². The zero-order valence-corrected chi connectivity index (χ0v) is 16.3. The SMILES string of the molecule is CS(=O)(=O)N(CCCC(=O)Nc1cccc(Br)c1)c1ccc(F)c(F)c1. The third-order valence-corrected chi connectivity index (χ3v) is 5.15. The Balaban J connectivity index is 1.99. The van der Waals surface area contributed by atoms with E-state index in [0.717, 1.165) is 27.2 Å². The molecule has 0 unspecified atom stereocenters. The van der Waals surface area contributed by atoms with E-state index in [0.29, 0.717) is 5.69 Å². The van der Waals surface area contributed by atoms with Crippen molar-refractivity contribution in [3.05, 3.63) is 58.6 Å². The summed E-state index contributed by atoms with van der Waals surface area (Å²) in [6.07, 6.45) is 1.25. The molecule has 2 rings (SSSR count). The largest absolute Gasteiger partial charge is 0.326 e. The van der Waals surface area contributed by atoms with E-state index in [1.165, 1.54) is 6.07 Å². The molecule has 0 aliphatic rings. The second-order valence-electron chi connectivity index (χ2n) is 5.60. The van der Waals surface area contributed by atoms with Crippen LogP contribution in [-0.2, 0) is 14.8 Å². The molecule has 1 amide bonds. The third kappa shape index (κ3) is 5.77. The Morgan fingerprint density at radius 2 is 1.88 bits per heavy atom. The van der Waals surface area contributed by atoms with Gasteiger partial charge in [-0.15, -0.1) is 0 Å². The molecular weight excluding hydrogens is 430 g/mol. The normalized spacial score (nSPS) is 11.2. The fourth-order valence-corrected chi connectivity index (χ4v) is 3.66. The Morgan fingerprint density at radius 1 is 1.15 bits per heavy atom. The smallest absolute Gasteiger partial charge is 0.232 e. The number of nitrogens with one attached hydrogen (secondary N) is 1. The van der Waals surface area contributed by atoms with Crippen LogP contribution in [0.3, 0.4) is 0 Å². The number of carbonyl (C=O) groups is 1. The van der Waals surface area contributed by atoms with Crippen LogP contribution >= 0.6 is 15.9 Å². The summed E-state index contributed by atoms with van der Waals surface area (Å²) in [7, 11) is -3.70. The molecule has 1 N–H and O–H groups in total. The Morgan fingerprint density at radius 3 is 2.50 bits per heavy atom. The second kappa shape index (κ2) is 8.59. The monoisotopic (exact) mass is 446 g/mol. The highest BCUT2D eigenvalue weighted by atomic mass is 79.9. The average Bonchev–Trinajstić information content (AvgIpc) is 2.53. The van der Waals surface area contributed by atoms with E-state index in [4.69, 9.17) is 0 Å². The molecular formula is C17H17BrF2N2O3S. The third-order valence-electron chi connectivity index (χ3n) is 3.46. The molecule has 0 bridgehead atoms. The molecule has 0 saturated heterocycles. The molecule has 0 aromatic heterocycles. The van der Waals surface area contributed by atoms with Gasteiger partial charge in [0.25, 0.3) is 0 Å². The first-order valence-corrected chi connectivity index (χ1v) is 10.3. The summed E-state index contributed by atoms with van der Waals surface area (Å²) in [6, 6.07) is 9.92. The summed E-state index contributed by atoms with van der Waals surface area (Å²) in [5, 5.41) is 2.71. The van der Waals surface area contributed by atoms with Gasteiger partial charge in [0.15, 0.2) is 11.6 Å². The van der Waals surface area contributed by atoms with Gasteiger partial charge in [0, 0.05) is 29.2 Å². The first-order valence-electron chi connectivity index (χ1n) is 7.65. The molecule has 140 valence electrons. The van der Waals surface area contributed by atoms with Gasteiger partial charge < -0.3 is 5.32 Å². The molecule has 0 heterocycles. The highest BCUT2D eigenvalue weighted by Crippen LogP contribution is 2.21. The van der Waals surface area contributed by atoms with Crippen LogP contribution in [0, 0.1) is 11.6 Å². The van der Waals surface area contributed by atoms with Crippen molar-refractivity contribution in [1.29, 1.82) is 0 Å². The van der Waals surface area contributed by atoms with Gasteiger partial charge in [0.1, 0.15) is 0 Å². The van der Waals surface area contributed by atoms with Gasteiger partial charge in [-0.05, 0) is 36.8 Å². The van der Waals surface area contributed by atoms with Crippen LogP contribution in [0.15, 0.2) is 46.9 Å². The molecule has 26 heavy (non-hydrogen) atoms. The van der Waals surface area contributed by atoms with Crippen molar-refractivity contribution in [2.24, 2.45) is 0 Å². The standard InChI is InChI=1S/C17H17BrF2N2O3S/c1-26(24,25)22(14-7-8-15(19)16(20)11-14)9-3-6-17(23)21-13-5-2-4-12(18)10-13/h2,4-5,7-8,10-11H,3,6,9H2,1H3,(H,21,23). The lowest BCUT2D eigenvalue weighted by atomic mass is 10.2. The number of rotatable bonds is 7. The number of amides is 1. The minimum absolute atomic E-state index is 0.0128. The van der Waals surface area contributed by atoms with Gasteiger partial charge in [-0.3, -0.25) is 9.10 Å². The van der Waals surface area contributed by atoms with Crippen molar-refractivity contribution in [2.45, 2.75) is 12.8 Å². The van der Waals surface area contributed by atoms with E-state index in [1.54, 1.807) is 18.2 Å². The number of nitrogens with zero attached hydrogens (tertiary/aromatic N) is 1.